The van der Waals surface area contributed by atoms with Gasteiger partial charge in [0.15, 0.2) is 0 Å². The van der Waals surface area contributed by atoms with E-state index in [4.69, 9.17) is 5.73 Å². The van der Waals surface area contributed by atoms with Crippen molar-refractivity contribution in [1.29, 1.82) is 0 Å². The maximum Gasteiger partial charge on any atom is 0.227 e. The Morgan fingerprint density at radius 1 is 1.20 bits per heavy atom. The van der Waals surface area contributed by atoms with Gasteiger partial charge in [0, 0.05) is 18.3 Å². The summed E-state index contributed by atoms with van der Waals surface area (Å²) in [6.07, 6.45) is 4.13. The van der Waals surface area contributed by atoms with Crippen molar-refractivity contribution in [2.24, 2.45) is 0 Å². The summed E-state index contributed by atoms with van der Waals surface area (Å²) in [4.78, 5) is 18.2. The molecule has 0 aliphatic carbocycles. The summed E-state index contributed by atoms with van der Waals surface area (Å²) in [5.74, 6) is 0.656. The minimum Gasteiger partial charge on any atom is -0.384 e. The predicted octanol–water partition coefficient (Wildman–Crippen LogP) is 2.53. The number of benzene rings is 1. The van der Waals surface area contributed by atoms with Crippen LogP contribution in [0.25, 0.3) is 0 Å². The van der Waals surface area contributed by atoms with Gasteiger partial charge in [-0.1, -0.05) is 18.2 Å². The predicted molar refractivity (Wildman–Crippen MR) is 79.2 cm³/mol. The molecule has 0 spiro atoms. The standard InChI is InChI=1S/C16H17N3O/c17-15-10-12(8-9-18-15)11-19-14-6-2-1-4-13(14)5-3-7-16(19)20/h1-2,4,6,8-10H,3,5,7,11H2,(H2,17,18). The number of amides is 1. The molecule has 1 aliphatic rings. The summed E-state index contributed by atoms with van der Waals surface area (Å²) in [7, 11) is 0. The molecule has 1 aromatic carbocycles. The lowest BCUT2D eigenvalue weighted by molar-refractivity contribution is -0.118. The molecule has 102 valence electrons. The summed E-state index contributed by atoms with van der Waals surface area (Å²) in [6, 6.07) is 11.8. The molecule has 0 radical (unpaired) electrons. The SMILES string of the molecule is Nc1cc(CN2C(=O)CCCc3ccccc32)ccn1. The molecular weight excluding hydrogens is 250 g/mol. The van der Waals surface area contributed by atoms with Gasteiger partial charge >= 0.3 is 0 Å². The van der Waals surface area contributed by atoms with Crippen LogP contribution in [0.2, 0.25) is 0 Å². The molecule has 1 amide bonds. The van der Waals surface area contributed by atoms with Gasteiger partial charge in [-0.2, -0.15) is 0 Å². The monoisotopic (exact) mass is 267 g/mol. The van der Waals surface area contributed by atoms with Crippen molar-refractivity contribution in [3.63, 3.8) is 0 Å². The zero-order chi connectivity index (χ0) is 13.9. The number of para-hydroxylation sites is 1. The molecule has 0 saturated carbocycles. The first-order valence-electron chi connectivity index (χ1n) is 6.83. The first kappa shape index (κ1) is 12.7. The Morgan fingerprint density at radius 3 is 2.90 bits per heavy atom. The van der Waals surface area contributed by atoms with Gasteiger partial charge in [0.2, 0.25) is 5.91 Å². The van der Waals surface area contributed by atoms with Crippen molar-refractivity contribution < 1.29 is 4.79 Å². The fourth-order valence-corrected chi connectivity index (χ4v) is 2.63. The third kappa shape index (κ3) is 2.50. The van der Waals surface area contributed by atoms with Crippen LogP contribution in [0.1, 0.15) is 24.0 Å². The van der Waals surface area contributed by atoms with Crippen LogP contribution < -0.4 is 10.6 Å². The number of nitrogen functional groups attached to an aromatic ring is 1. The van der Waals surface area contributed by atoms with Gasteiger partial charge in [0.05, 0.1) is 6.54 Å². The summed E-state index contributed by atoms with van der Waals surface area (Å²) in [5, 5.41) is 0. The van der Waals surface area contributed by atoms with E-state index >= 15 is 0 Å². The number of nitrogens with zero attached hydrogens (tertiary/aromatic N) is 2. The third-order valence-electron chi connectivity index (χ3n) is 3.61. The number of pyridine rings is 1. The molecular formula is C16H17N3O. The molecule has 1 aliphatic heterocycles. The smallest absolute Gasteiger partial charge is 0.227 e. The van der Waals surface area contributed by atoms with Crippen molar-refractivity contribution in [3.05, 3.63) is 53.7 Å². The Balaban J connectivity index is 1.96. The van der Waals surface area contributed by atoms with Gasteiger partial charge in [0.1, 0.15) is 5.82 Å². The molecule has 0 unspecified atom stereocenters. The van der Waals surface area contributed by atoms with E-state index in [1.54, 1.807) is 6.20 Å². The lowest BCUT2D eigenvalue weighted by Gasteiger charge is -2.23. The largest absolute Gasteiger partial charge is 0.384 e. The number of hydrogen-bond donors (Lipinski definition) is 1. The summed E-state index contributed by atoms with van der Waals surface area (Å²) < 4.78 is 0. The van der Waals surface area contributed by atoms with Crippen LogP contribution in [0.5, 0.6) is 0 Å². The molecule has 20 heavy (non-hydrogen) atoms. The van der Waals surface area contributed by atoms with Crippen LogP contribution in [-0.4, -0.2) is 10.9 Å². The Labute approximate surface area is 118 Å². The molecule has 2 N–H and O–H groups in total. The minimum atomic E-state index is 0.172. The maximum atomic E-state index is 12.3. The van der Waals surface area contributed by atoms with E-state index < -0.39 is 0 Å². The molecule has 2 heterocycles. The van der Waals surface area contributed by atoms with Gasteiger partial charge in [-0.15, -0.1) is 0 Å². The highest BCUT2D eigenvalue weighted by Crippen LogP contribution is 2.28. The second-order valence-corrected chi connectivity index (χ2v) is 5.05. The average Bonchev–Trinajstić information content (AvgIpc) is 2.59. The van der Waals surface area contributed by atoms with E-state index in [9.17, 15) is 4.79 Å². The lowest BCUT2D eigenvalue weighted by atomic mass is 10.1. The maximum absolute atomic E-state index is 12.3. The lowest BCUT2D eigenvalue weighted by Crippen LogP contribution is -2.29. The number of aryl methyl sites for hydroxylation is 1. The third-order valence-corrected chi connectivity index (χ3v) is 3.61. The highest BCUT2D eigenvalue weighted by Gasteiger charge is 2.21. The fraction of sp³-hybridized carbons (Fsp3) is 0.250. The van der Waals surface area contributed by atoms with Crippen molar-refractivity contribution >= 4 is 17.4 Å². The van der Waals surface area contributed by atoms with E-state index in [1.807, 2.05) is 35.2 Å². The Kier molecular flexibility index (Phi) is 3.37. The summed E-state index contributed by atoms with van der Waals surface area (Å²) >= 11 is 0. The normalized spacial score (nSPS) is 14.8. The first-order valence-corrected chi connectivity index (χ1v) is 6.83. The minimum absolute atomic E-state index is 0.172. The second-order valence-electron chi connectivity index (χ2n) is 5.05. The summed E-state index contributed by atoms with van der Waals surface area (Å²) in [6.45, 7) is 0.544. The fourth-order valence-electron chi connectivity index (χ4n) is 2.63. The summed E-state index contributed by atoms with van der Waals surface area (Å²) in [5.41, 5.74) is 8.97. The molecule has 2 aromatic rings. The van der Waals surface area contributed by atoms with E-state index in [0.717, 1.165) is 24.1 Å². The number of aromatic nitrogens is 1. The number of carbonyl (C=O) groups excluding carboxylic acids is 1. The van der Waals surface area contributed by atoms with Crippen molar-refractivity contribution in [1.82, 2.24) is 4.98 Å². The quantitative estimate of drug-likeness (QED) is 0.909. The average molecular weight is 267 g/mol. The number of hydrogen-bond acceptors (Lipinski definition) is 3. The Bertz CT molecular complexity index is 639. The van der Waals surface area contributed by atoms with Gasteiger partial charge in [0.25, 0.3) is 0 Å². The molecule has 0 fully saturated rings. The van der Waals surface area contributed by atoms with E-state index in [0.29, 0.717) is 18.8 Å². The number of nitrogens with two attached hydrogens (primary N) is 1. The molecule has 4 nitrogen and oxygen atoms in total. The highest BCUT2D eigenvalue weighted by molar-refractivity contribution is 5.94. The van der Waals surface area contributed by atoms with E-state index in [1.165, 1.54) is 5.56 Å². The number of fused-ring (bicyclic) bond motifs is 1. The highest BCUT2D eigenvalue weighted by atomic mass is 16.2. The Morgan fingerprint density at radius 2 is 2.05 bits per heavy atom. The van der Waals surface area contributed by atoms with Gasteiger partial charge in [-0.3, -0.25) is 4.79 Å². The van der Waals surface area contributed by atoms with Crippen molar-refractivity contribution in [2.45, 2.75) is 25.8 Å². The molecule has 3 rings (SSSR count). The van der Waals surface area contributed by atoms with Gasteiger partial charge < -0.3 is 10.6 Å². The second kappa shape index (κ2) is 5.33. The molecule has 0 bridgehead atoms. The number of carbonyl (C=O) groups is 1. The van der Waals surface area contributed by atoms with Gasteiger partial charge in [-0.25, -0.2) is 4.98 Å². The molecule has 0 saturated heterocycles. The molecule has 4 heteroatoms. The van der Waals surface area contributed by atoms with Crippen LogP contribution in [0.4, 0.5) is 11.5 Å². The topological polar surface area (TPSA) is 59.2 Å². The van der Waals surface area contributed by atoms with Crippen LogP contribution in [-0.2, 0) is 17.8 Å². The first-order chi connectivity index (χ1) is 9.74. The van der Waals surface area contributed by atoms with Crippen LogP contribution in [0, 0.1) is 0 Å². The zero-order valence-electron chi connectivity index (χ0n) is 11.2. The van der Waals surface area contributed by atoms with E-state index in [-0.39, 0.29) is 5.91 Å². The molecule has 0 atom stereocenters. The van der Waals surface area contributed by atoms with Crippen LogP contribution in [0.3, 0.4) is 0 Å². The van der Waals surface area contributed by atoms with Gasteiger partial charge in [-0.05, 0) is 42.2 Å². The van der Waals surface area contributed by atoms with Crippen LogP contribution >= 0.6 is 0 Å². The van der Waals surface area contributed by atoms with Crippen molar-refractivity contribution in [2.75, 3.05) is 10.6 Å². The zero-order valence-corrected chi connectivity index (χ0v) is 11.2. The van der Waals surface area contributed by atoms with Crippen LogP contribution in [0.15, 0.2) is 42.6 Å². The van der Waals surface area contributed by atoms with Crippen molar-refractivity contribution in [3.8, 4) is 0 Å². The molecule has 1 aromatic heterocycles. The van der Waals surface area contributed by atoms with E-state index in [2.05, 4.69) is 11.1 Å². The Hall–Kier alpha value is -2.36. The number of rotatable bonds is 2. The number of anilines is 2.